The molecule has 4 heteroatoms. The van der Waals surface area contributed by atoms with E-state index >= 15 is 0 Å². The van der Waals surface area contributed by atoms with E-state index in [1.54, 1.807) is 11.8 Å². The standard InChI is InChI=1S/C8H15N3O/c1-8(2,12-4)6-5-7(9)10-11(6)3/h5H,1-4H3,(H2,9,10). The van der Waals surface area contributed by atoms with Crippen molar-refractivity contribution in [2.75, 3.05) is 12.8 Å². The lowest BCUT2D eigenvalue weighted by atomic mass is 10.1. The molecule has 0 saturated carbocycles. The van der Waals surface area contributed by atoms with E-state index in [4.69, 9.17) is 10.5 Å². The van der Waals surface area contributed by atoms with Crippen LogP contribution in [0.4, 0.5) is 5.82 Å². The van der Waals surface area contributed by atoms with Crippen LogP contribution in [0.5, 0.6) is 0 Å². The zero-order valence-corrected chi connectivity index (χ0v) is 7.96. The molecule has 0 saturated heterocycles. The van der Waals surface area contributed by atoms with Crippen LogP contribution in [0, 0.1) is 0 Å². The lowest BCUT2D eigenvalue weighted by Crippen LogP contribution is -2.22. The van der Waals surface area contributed by atoms with E-state index < -0.39 is 0 Å². The van der Waals surface area contributed by atoms with Gasteiger partial charge in [0.1, 0.15) is 11.4 Å². The van der Waals surface area contributed by atoms with Gasteiger partial charge in [-0.15, -0.1) is 0 Å². The molecule has 0 radical (unpaired) electrons. The van der Waals surface area contributed by atoms with Gasteiger partial charge in [0, 0.05) is 20.2 Å². The third kappa shape index (κ3) is 1.43. The van der Waals surface area contributed by atoms with Crippen LogP contribution in [0.1, 0.15) is 19.5 Å². The van der Waals surface area contributed by atoms with E-state index in [1.165, 1.54) is 0 Å². The molecule has 1 heterocycles. The number of ether oxygens (including phenoxy) is 1. The maximum Gasteiger partial charge on any atom is 0.145 e. The summed E-state index contributed by atoms with van der Waals surface area (Å²) in [4.78, 5) is 0. The molecule has 4 nitrogen and oxygen atoms in total. The van der Waals surface area contributed by atoms with Crippen LogP contribution in [-0.4, -0.2) is 16.9 Å². The van der Waals surface area contributed by atoms with E-state index in [1.807, 2.05) is 27.0 Å². The van der Waals surface area contributed by atoms with E-state index in [-0.39, 0.29) is 5.60 Å². The molecule has 12 heavy (non-hydrogen) atoms. The van der Waals surface area contributed by atoms with E-state index in [0.717, 1.165) is 5.69 Å². The molecular weight excluding hydrogens is 154 g/mol. The zero-order chi connectivity index (χ0) is 9.35. The van der Waals surface area contributed by atoms with Crippen LogP contribution in [0.3, 0.4) is 0 Å². The molecular formula is C8H15N3O. The average Bonchev–Trinajstić information content (AvgIpc) is 2.31. The quantitative estimate of drug-likeness (QED) is 0.715. The molecule has 0 spiro atoms. The molecule has 1 rings (SSSR count). The minimum absolute atomic E-state index is 0.334. The monoisotopic (exact) mass is 169 g/mol. The number of nitrogen functional groups attached to an aromatic ring is 1. The molecule has 0 aliphatic carbocycles. The van der Waals surface area contributed by atoms with Gasteiger partial charge in [-0.2, -0.15) is 5.10 Å². The second-order valence-electron chi connectivity index (χ2n) is 3.29. The lowest BCUT2D eigenvalue weighted by molar-refractivity contribution is 0.0123. The number of hydrogen-bond donors (Lipinski definition) is 1. The van der Waals surface area contributed by atoms with E-state index in [9.17, 15) is 0 Å². The summed E-state index contributed by atoms with van der Waals surface area (Å²) in [6.45, 7) is 3.95. The first kappa shape index (κ1) is 9.06. The highest BCUT2D eigenvalue weighted by atomic mass is 16.5. The van der Waals surface area contributed by atoms with Crippen LogP contribution in [0.2, 0.25) is 0 Å². The molecule has 0 aromatic carbocycles. The number of rotatable bonds is 2. The number of methoxy groups -OCH3 is 1. The van der Waals surface area contributed by atoms with Gasteiger partial charge in [-0.05, 0) is 13.8 Å². The third-order valence-corrected chi connectivity index (χ3v) is 2.03. The first-order chi connectivity index (χ1) is 5.47. The molecule has 1 aromatic heterocycles. The molecule has 0 amide bonds. The highest BCUT2D eigenvalue weighted by Crippen LogP contribution is 2.24. The molecule has 0 aliphatic heterocycles. The first-order valence-electron chi connectivity index (χ1n) is 3.82. The minimum atomic E-state index is -0.334. The maximum atomic E-state index is 5.54. The van der Waals surface area contributed by atoms with Crippen molar-refractivity contribution in [3.63, 3.8) is 0 Å². The topological polar surface area (TPSA) is 53.1 Å². The SMILES string of the molecule is COC(C)(C)c1cc(N)nn1C. The summed E-state index contributed by atoms with van der Waals surface area (Å²) >= 11 is 0. The van der Waals surface area contributed by atoms with Crippen LogP contribution in [0.25, 0.3) is 0 Å². The summed E-state index contributed by atoms with van der Waals surface area (Å²) in [7, 11) is 3.52. The molecule has 1 aromatic rings. The first-order valence-corrected chi connectivity index (χ1v) is 3.82. The van der Waals surface area contributed by atoms with Gasteiger partial charge in [-0.3, -0.25) is 4.68 Å². The van der Waals surface area contributed by atoms with Crippen molar-refractivity contribution in [2.45, 2.75) is 19.4 Å². The summed E-state index contributed by atoms with van der Waals surface area (Å²) in [5, 5.41) is 4.04. The fraction of sp³-hybridized carbons (Fsp3) is 0.625. The van der Waals surface area contributed by atoms with Crippen molar-refractivity contribution in [3.8, 4) is 0 Å². The number of nitrogens with zero attached hydrogens (tertiary/aromatic N) is 2. The van der Waals surface area contributed by atoms with Crippen molar-refractivity contribution in [3.05, 3.63) is 11.8 Å². The summed E-state index contributed by atoms with van der Waals surface area (Å²) in [6, 6.07) is 1.82. The largest absolute Gasteiger partial charge is 0.382 e. The maximum absolute atomic E-state index is 5.54. The summed E-state index contributed by atoms with van der Waals surface area (Å²) in [6.07, 6.45) is 0. The van der Waals surface area contributed by atoms with Gasteiger partial charge >= 0.3 is 0 Å². The minimum Gasteiger partial charge on any atom is -0.382 e. The Bertz CT molecular complexity index is 278. The van der Waals surface area contributed by atoms with Crippen molar-refractivity contribution in [1.29, 1.82) is 0 Å². The summed E-state index contributed by atoms with van der Waals surface area (Å²) in [5.41, 5.74) is 6.18. The van der Waals surface area contributed by atoms with Crippen molar-refractivity contribution in [2.24, 2.45) is 7.05 Å². The van der Waals surface area contributed by atoms with Gasteiger partial charge in [0.15, 0.2) is 0 Å². The fourth-order valence-electron chi connectivity index (χ4n) is 1.16. The fourth-order valence-corrected chi connectivity index (χ4v) is 1.16. The van der Waals surface area contributed by atoms with Crippen molar-refractivity contribution < 1.29 is 4.74 Å². The smallest absolute Gasteiger partial charge is 0.145 e. The van der Waals surface area contributed by atoms with E-state index in [0.29, 0.717) is 5.82 Å². The number of aromatic nitrogens is 2. The summed E-state index contributed by atoms with van der Waals surface area (Å²) in [5.74, 6) is 0.526. The Morgan fingerprint density at radius 2 is 2.17 bits per heavy atom. The van der Waals surface area contributed by atoms with Crippen LogP contribution in [-0.2, 0) is 17.4 Å². The third-order valence-electron chi connectivity index (χ3n) is 2.03. The van der Waals surface area contributed by atoms with Gasteiger partial charge in [-0.1, -0.05) is 0 Å². The molecule has 0 unspecified atom stereocenters. The summed E-state index contributed by atoms with van der Waals surface area (Å²) < 4.78 is 7.04. The Balaban J connectivity index is 3.09. The normalized spacial score (nSPS) is 12.0. The number of nitrogens with two attached hydrogens (primary N) is 1. The van der Waals surface area contributed by atoms with E-state index in [2.05, 4.69) is 5.10 Å². The van der Waals surface area contributed by atoms with Gasteiger partial charge in [0.25, 0.3) is 0 Å². The second-order valence-corrected chi connectivity index (χ2v) is 3.29. The molecule has 0 atom stereocenters. The molecule has 0 aliphatic rings. The Hall–Kier alpha value is -1.03. The predicted molar refractivity (Wildman–Crippen MR) is 47.7 cm³/mol. The average molecular weight is 169 g/mol. The molecule has 2 N–H and O–H groups in total. The highest BCUT2D eigenvalue weighted by Gasteiger charge is 2.23. The molecule has 68 valence electrons. The Morgan fingerprint density at radius 3 is 2.50 bits per heavy atom. The number of aryl methyl sites for hydroxylation is 1. The van der Waals surface area contributed by atoms with Crippen LogP contribution < -0.4 is 5.73 Å². The van der Waals surface area contributed by atoms with Crippen molar-refractivity contribution >= 4 is 5.82 Å². The van der Waals surface area contributed by atoms with Gasteiger partial charge in [0.05, 0.1) is 5.69 Å². The second kappa shape index (κ2) is 2.79. The molecule has 0 fully saturated rings. The predicted octanol–water partition coefficient (Wildman–Crippen LogP) is 0.884. The van der Waals surface area contributed by atoms with Crippen LogP contribution in [0.15, 0.2) is 6.07 Å². The molecule has 0 bridgehead atoms. The Labute approximate surface area is 72.3 Å². The van der Waals surface area contributed by atoms with Gasteiger partial charge in [0.2, 0.25) is 0 Å². The van der Waals surface area contributed by atoms with Gasteiger partial charge in [-0.25, -0.2) is 0 Å². The van der Waals surface area contributed by atoms with Crippen molar-refractivity contribution in [1.82, 2.24) is 9.78 Å². The Morgan fingerprint density at radius 1 is 1.58 bits per heavy atom. The number of anilines is 1. The number of hydrogen-bond acceptors (Lipinski definition) is 3. The van der Waals surface area contributed by atoms with Crippen LogP contribution >= 0.6 is 0 Å². The lowest BCUT2D eigenvalue weighted by Gasteiger charge is -2.22. The van der Waals surface area contributed by atoms with Gasteiger partial charge < -0.3 is 10.5 Å². The highest BCUT2D eigenvalue weighted by molar-refractivity contribution is 5.31. The Kier molecular flexibility index (Phi) is 2.10. The zero-order valence-electron chi connectivity index (χ0n) is 7.96.